The van der Waals surface area contributed by atoms with Gasteiger partial charge in [0.15, 0.2) is 18.7 Å². The number of aromatic nitrogens is 1. The molecule has 392 valence electrons. The minimum absolute atomic E-state index is 0.0113. The van der Waals surface area contributed by atoms with E-state index >= 15 is 0 Å². The number of cyclic esters (lactones) is 1. The summed E-state index contributed by atoms with van der Waals surface area (Å²) in [7, 11) is 6.83. The summed E-state index contributed by atoms with van der Waals surface area (Å²) in [5, 5.41) is 36.5. The topological polar surface area (TPSA) is 222 Å². The standard InChI is InChI=1S/C52H79N3O15/c1-11-41(58)67-40-27-43(60)64-25-22-34(16-15-17-35-20-23-53-38-19-14-13-18-37(35)38)29-55(9)30-39(57)31(3)26-36(21-24-56)48(49(40)63-10)70-51-46(61)45(54(7)8)47(32(4)66-51)69-44-28-52(6,62)50(33(5)65-44)68-42(59)12-2/h13-16,18-20,23-24,31-34,36,39-40,44-51,57,61-62H,11-12,17,21-22,25-30H2,1-10H3/b16-15-/t31-,32?,33?,34?,36+,39+,40-,44+,45?,46?,47+,48+,49+,50+,51+,52?/m1/s1. The number of pyridine rings is 1. The van der Waals surface area contributed by atoms with Crippen LogP contribution >= 0.6 is 0 Å². The van der Waals surface area contributed by atoms with E-state index < -0.39 is 115 Å². The van der Waals surface area contributed by atoms with Crippen molar-refractivity contribution in [3.63, 3.8) is 0 Å². The van der Waals surface area contributed by atoms with Crippen LogP contribution in [0.1, 0.15) is 92.1 Å². The SMILES string of the molecule is CCC(=O)O[C@@H]1CC(=O)OCCC(/C=C\Cc2ccnc3ccccc23)CN(C)C[C@H](O)[C@H](C)C[C@H](CC=O)[C@H](O[C@@H]2OC(C)[C@H](O[C@H]3CC(C)(O)[C@@H](OC(=O)CC)C(C)O3)C(N(C)C)C2O)[C@H]1OC. The fraction of sp³-hybridized carbons (Fsp3) is 0.712. The van der Waals surface area contributed by atoms with Crippen LogP contribution < -0.4 is 0 Å². The first-order valence-corrected chi connectivity index (χ1v) is 24.9. The highest BCUT2D eigenvalue weighted by molar-refractivity contribution is 5.82. The van der Waals surface area contributed by atoms with Gasteiger partial charge >= 0.3 is 17.9 Å². The highest BCUT2D eigenvalue weighted by atomic mass is 16.7. The fourth-order valence-electron chi connectivity index (χ4n) is 10.1. The van der Waals surface area contributed by atoms with Gasteiger partial charge in [-0.05, 0) is 96.6 Å². The molecule has 3 saturated heterocycles. The zero-order valence-corrected chi connectivity index (χ0v) is 42.7. The zero-order valence-electron chi connectivity index (χ0n) is 42.7. The average molecular weight is 986 g/mol. The molecule has 16 atom stereocenters. The number of para-hydroxylation sites is 1. The molecule has 0 bridgehead atoms. The Hall–Kier alpha value is -3.95. The summed E-state index contributed by atoms with van der Waals surface area (Å²) in [6.07, 6.45) is -3.78. The average Bonchev–Trinajstić information content (AvgIpc) is 3.30. The number of aldehydes is 1. The number of likely N-dealkylation sites (N-methyl/N-ethyl adjacent to an activating group) is 2. The van der Waals surface area contributed by atoms with Crippen molar-refractivity contribution in [2.24, 2.45) is 17.8 Å². The monoisotopic (exact) mass is 986 g/mol. The number of carbonyl (C=O) groups is 4. The van der Waals surface area contributed by atoms with E-state index in [2.05, 4.69) is 23.2 Å². The smallest absolute Gasteiger partial charge is 0.309 e. The number of hydrogen-bond donors (Lipinski definition) is 3. The van der Waals surface area contributed by atoms with Crippen LogP contribution in [0.25, 0.3) is 10.9 Å². The van der Waals surface area contributed by atoms with Gasteiger partial charge in [0.25, 0.3) is 0 Å². The van der Waals surface area contributed by atoms with Crippen LogP contribution in [0, 0.1) is 17.8 Å². The Morgan fingerprint density at radius 1 is 0.971 bits per heavy atom. The molecule has 0 radical (unpaired) electrons. The normalized spacial score (nSPS) is 35.6. The van der Waals surface area contributed by atoms with Gasteiger partial charge in [-0.1, -0.05) is 51.1 Å². The van der Waals surface area contributed by atoms with Gasteiger partial charge in [-0.25, -0.2) is 0 Å². The fourth-order valence-corrected chi connectivity index (χ4v) is 10.1. The van der Waals surface area contributed by atoms with Gasteiger partial charge in [0.2, 0.25) is 0 Å². The van der Waals surface area contributed by atoms with Gasteiger partial charge in [0, 0.05) is 57.5 Å². The number of methoxy groups -OCH3 is 1. The predicted octanol–water partition coefficient (Wildman–Crippen LogP) is 4.16. The minimum Gasteiger partial charge on any atom is -0.466 e. The molecule has 4 heterocycles. The molecule has 5 rings (SSSR count). The Kier molecular flexibility index (Phi) is 21.7. The Balaban J connectivity index is 1.41. The first kappa shape index (κ1) is 57.0. The number of fused-ring (bicyclic) bond motifs is 1. The maximum absolute atomic E-state index is 13.8. The molecule has 70 heavy (non-hydrogen) atoms. The zero-order chi connectivity index (χ0) is 51.3. The van der Waals surface area contributed by atoms with Gasteiger partial charge in [0.1, 0.15) is 36.3 Å². The van der Waals surface area contributed by atoms with Crippen molar-refractivity contribution in [1.82, 2.24) is 14.8 Å². The van der Waals surface area contributed by atoms with Crippen LogP contribution in [0.4, 0.5) is 0 Å². The lowest BCUT2D eigenvalue weighted by atomic mass is 9.82. The molecule has 0 aliphatic carbocycles. The Morgan fingerprint density at radius 2 is 1.69 bits per heavy atom. The number of carbonyl (C=O) groups excluding carboxylic acids is 4. The maximum Gasteiger partial charge on any atom is 0.309 e. The first-order chi connectivity index (χ1) is 33.3. The predicted molar refractivity (Wildman–Crippen MR) is 258 cm³/mol. The molecule has 3 fully saturated rings. The quantitative estimate of drug-likeness (QED) is 0.0987. The van der Waals surface area contributed by atoms with E-state index in [0.29, 0.717) is 25.9 Å². The molecule has 1 aromatic heterocycles. The second kappa shape index (κ2) is 26.7. The van der Waals surface area contributed by atoms with E-state index in [9.17, 15) is 34.5 Å². The summed E-state index contributed by atoms with van der Waals surface area (Å²) >= 11 is 0. The number of rotatable bonds is 15. The molecular weight excluding hydrogens is 907 g/mol. The highest BCUT2D eigenvalue weighted by Gasteiger charge is 2.53. The summed E-state index contributed by atoms with van der Waals surface area (Å²) in [5.74, 6) is -2.89. The lowest BCUT2D eigenvalue weighted by Crippen LogP contribution is -2.66. The Labute approximate surface area is 413 Å². The van der Waals surface area contributed by atoms with E-state index in [1.54, 1.807) is 59.8 Å². The van der Waals surface area contributed by atoms with Crippen molar-refractivity contribution in [3.8, 4) is 0 Å². The number of ether oxygens (including phenoxy) is 8. The van der Waals surface area contributed by atoms with E-state index in [4.69, 9.17) is 37.9 Å². The third-order valence-corrected chi connectivity index (χ3v) is 13.9. The summed E-state index contributed by atoms with van der Waals surface area (Å²) in [5.41, 5.74) is 0.543. The number of aliphatic hydroxyl groups excluding tert-OH is 2. The van der Waals surface area contributed by atoms with Crippen molar-refractivity contribution in [2.75, 3.05) is 47.9 Å². The Morgan fingerprint density at radius 3 is 2.36 bits per heavy atom. The summed E-state index contributed by atoms with van der Waals surface area (Å²) in [6, 6.07) is 9.19. The summed E-state index contributed by atoms with van der Waals surface area (Å²) in [4.78, 5) is 60.0. The lowest BCUT2D eigenvalue weighted by Gasteiger charge is -2.50. The molecule has 3 aliphatic heterocycles. The molecule has 0 spiro atoms. The van der Waals surface area contributed by atoms with Crippen molar-refractivity contribution >= 4 is 35.1 Å². The molecule has 1 aromatic carbocycles. The minimum atomic E-state index is -1.50. The second-order valence-electron chi connectivity index (χ2n) is 19.8. The van der Waals surface area contributed by atoms with Gasteiger partial charge in [-0.15, -0.1) is 0 Å². The van der Waals surface area contributed by atoms with Crippen molar-refractivity contribution < 1.29 is 72.4 Å². The Bertz CT molecular complexity index is 2010. The molecular formula is C52H79N3O15. The van der Waals surface area contributed by atoms with Crippen LogP contribution in [-0.2, 0) is 63.5 Å². The van der Waals surface area contributed by atoms with Crippen molar-refractivity contribution in [2.45, 2.75) is 172 Å². The van der Waals surface area contributed by atoms with Crippen molar-refractivity contribution in [3.05, 3.63) is 54.2 Å². The van der Waals surface area contributed by atoms with E-state index in [-0.39, 0.29) is 44.6 Å². The number of allylic oxidation sites excluding steroid dienone is 1. The van der Waals surface area contributed by atoms with E-state index in [0.717, 1.165) is 22.8 Å². The van der Waals surface area contributed by atoms with Gasteiger partial charge in [-0.2, -0.15) is 0 Å². The largest absolute Gasteiger partial charge is 0.466 e. The lowest BCUT2D eigenvalue weighted by molar-refractivity contribution is -0.344. The first-order valence-electron chi connectivity index (χ1n) is 24.9. The third-order valence-electron chi connectivity index (χ3n) is 13.9. The highest BCUT2D eigenvalue weighted by Crippen LogP contribution is 2.38. The summed E-state index contributed by atoms with van der Waals surface area (Å²) < 4.78 is 49.3. The number of benzene rings is 1. The van der Waals surface area contributed by atoms with E-state index in [1.807, 2.05) is 43.1 Å². The van der Waals surface area contributed by atoms with Crippen molar-refractivity contribution in [1.29, 1.82) is 0 Å². The molecule has 18 heteroatoms. The number of aliphatic hydroxyl groups is 3. The van der Waals surface area contributed by atoms with Gasteiger partial charge in [0.05, 0.1) is 49.0 Å². The number of nitrogens with zero attached hydrogens (tertiary/aromatic N) is 3. The maximum atomic E-state index is 13.8. The third kappa shape index (κ3) is 15.3. The molecule has 3 aliphatic rings. The van der Waals surface area contributed by atoms with E-state index in [1.165, 1.54) is 7.11 Å². The van der Waals surface area contributed by atoms with Crippen LogP contribution in [-0.4, -0.2) is 181 Å². The molecule has 0 saturated carbocycles. The molecule has 2 aromatic rings. The van der Waals surface area contributed by atoms with Gasteiger partial charge in [-0.3, -0.25) is 19.4 Å². The summed E-state index contributed by atoms with van der Waals surface area (Å²) in [6.45, 7) is 11.1. The second-order valence-corrected chi connectivity index (χ2v) is 19.8. The van der Waals surface area contributed by atoms with Crippen LogP contribution in [0.15, 0.2) is 48.7 Å². The number of β-amino-alcohol motifs (C(OH)–C–C–N with tert-alkyl or cyclic N) is 1. The van der Waals surface area contributed by atoms with Crippen LogP contribution in [0.3, 0.4) is 0 Å². The van der Waals surface area contributed by atoms with Gasteiger partial charge < -0.3 is 67.8 Å². The van der Waals surface area contributed by atoms with Crippen LogP contribution in [0.5, 0.6) is 0 Å². The number of hydrogen-bond acceptors (Lipinski definition) is 18. The van der Waals surface area contributed by atoms with Crippen LogP contribution in [0.2, 0.25) is 0 Å². The molecule has 3 N–H and O–H groups in total. The number of esters is 3. The molecule has 6 unspecified atom stereocenters. The molecule has 18 nitrogen and oxygen atoms in total. The molecule has 0 amide bonds.